The standard InChI is InChI=1S/C22H25N3O5S/c1-12-19(21(26)24-13-6-8-14(27-2)9-7-13)20(25-22(31)23-12)15-10-17(29-4)18(30-5)11-16(15)28-3/h6-11,20H,1-5H3,(H,24,26)(H2,23,25,31)/t20-/m1/s1. The Labute approximate surface area is 186 Å². The van der Waals surface area contributed by atoms with E-state index in [-0.39, 0.29) is 5.91 Å². The number of carbonyl (C=O) groups excluding carboxylic acids is 1. The summed E-state index contributed by atoms with van der Waals surface area (Å²) in [7, 11) is 6.24. The molecule has 1 atom stereocenters. The fourth-order valence-electron chi connectivity index (χ4n) is 3.38. The zero-order chi connectivity index (χ0) is 22.5. The number of nitrogens with one attached hydrogen (secondary N) is 3. The molecule has 0 aromatic heterocycles. The Morgan fingerprint density at radius 2 is 1.55 bits per heavy atom. The van der Waals surface area contributed by atoms with Crippen LogP contribution in [0.5, 0.6) is 23.0 Å². The lowest BCUT2D eigenvalue weighted by molar-refractivity contribution is -0.113. The molecule has 2 aromatic carbocycles. The molecule has 2 aromatic rings. The van der Waals surface area contributed by atoms with Gasteiger partial charge in [0.05, 0.1) is 40.1 Å². The third kappa shape index (κ3) is 4.66. The molecule has 3 rings (SSSR count). The third-order valence-electron chi connectivity index (χ3n) is 4.91. The van der Waals surface area contributed by atoms with Gasteiger partial charge < -0.3 is 34.9 Å². The fourth-order valence-corrected chi connectivity index (χ4v) is 3.65. The highest BCUT2D eigenvalue weighted by molar-refractivity contribution is 7.80. The Kier molecular flexibility index (Phi) is 6.86. The predicted octanol–water partition coefficient (Wildman–Crippen LogP) is 3.15. The number of ether oxygens (including phenoxy) is 4. The van der Waals surface area contributed by atoms with Crippen LogP contribution in [0.4, 0.5) is 5.69 Å². The van der Waals surface area contributed by atoms with Crippen molar-refractivity contribution in [2.24, 2.45) is 0 Å². The van der Waals surface area contributed by atoms with Gasteiger partial charge in [-0.15, -0.1) is 0 Å². The van der Waals surface area contributed by atoms with Crippen LogP contribution in [0.1, 0.15) is 18.5 Å². The van der Waals surface area contributed by atoms with E-state index in [2.05, 4.69) is 16.0 Å². The Morgan fingerprint density at radius 3 is 2.13 bits per heavy atom. The topological polar surface area (TPSA) is 90.1 Å². The number of amides is 1. The highest BCUT2D eigenvalue weighted by Gasteiger charge is 2.33. The molecule has 0 aliphatic carbocycles. The van der Waals surface area contributed by atoms with E-state index in [1.165, 1.54) is 0 Å². The number of anilines is 1. The van der Waals surface area contributed by atoms with Gasteiger partial charge in [-0.05, 0) is 49.5 Å². The van der Waals surface area contributed by atoms with Gasteiger partial charge in [0.2, 0.25) is 0 Å². The second kappa shape index (κ2) is 9.57. The summed E-state index contributed by atoms with van der Waals surface area (Å²) in [5.74, 6) is 1.98. The number of hydrogen-bond acceptors (Lipinski definition) is 6. The van der Waals surface area contributed by atoms with Crippen molar-refractivity contribution in [3.8, 4) is 23.0 Å². The SMILES string of the molecule is COc1ccc(NC(=O)C2=C(C)NC(=S)N[C@@H]2c2cc(OC)c(OC)cc2OC)cc1. The van der Waals surface area contributed by atoms with Gasteiger partial charge in [-0.25, -0.2) is 0 Å². The van der Waals surface area contributed by atoms with Crippen molar-refractivity contribution >= 4 is 28.9 Å². The average molecular weight is 444 g/mol. The van der Waals surface area contributed by atoms with Gasteiger partial charge >= 0.3 is 0 Å². The maximum Gasteiger partial charge on any atom is 0.255 e. The van der Waals surface area contributed by atoms with Crippen molar-refractivity contribution in [2.45, 2.75) is 13.0 Å². The summed E-state index contributed by atoms with van der Waals surface area (Å²) in [6.45, 7) is 1.80. The van der Waals surface area contributed by atoms with E-state index in [4.69, 9.17) is 31.2 Å². The third-order valence-corrected chi connectivity index (χ3v) is 5.13. The van der Waals surface area contributed by atoms with Crippen molar-refractivity contribution in [1.29, 1.82) is 0 Å². The summed E-state index contributed by atoms with van der Waals surface area (Å²) in [5.41, 5.74) is 2.42. The van der Waals surface area contributed by atoms with Crippen molar-refractivity contribution in [2.75, 3.05) is 33.8 Å². The number of allylic oxidation sites excluding steroid dienone is 1. The number of carbonyl (C=O) groups is 1. The molecule has 0 spiro atoms. The maximum atomic E-state index is 13.3. The molecule has 0 fully saturated rings. The van der Waals surface area contributed by atoms with E-state index in [9.17, 15) is 4.79 Å². The highest BCUT2D eigenvalue weighted by atomic mass is 32.1. The molecule has 0 bridgehead atoms. The summed E-state index contributed by atoms with van der Waals surface area (Å²) < 4.78 is 21.6. The molecule has 0 radical (unpaired) electrons. The molecule has 1 aliphatic heterocycles. The van der Waals surface area contributed by atoms with Crippen LogP contribution in [0, 0.1) is 0 Å². The van der Waals surface area contributed by atoms with Crippen LogP contribution in [-0.4, -0.2) is 39.5 Å². The molecular weight excluding hydrogens is 418 g/mol. The molecule has 1 amide bonds. The van der Waals surface area contributed by atoms with E-state index in [1.807, 2.05) is 0 Å². The van der Waals surface area contributed by atoms with Crippen LogP contribution >= 0.6 is 12.2 Å². The van der Waals surface area contributed by atoms with Gasteiger partial charge in [0.15, 0.2) is 16.6 Å². The zero-order valence-corrected chi connectivity index (χ0v) is 18.8. The number of hydrogen-bond donors (Lipinski definition) is 3. The van der Waals surface area contributed by atoms with Gasteiger partial charge in [-0.1, -0.05) is 0 Å². The monoisotopic (exact) mass is 443 g/mol. The zero-order valence-electron chi connectivity index (χ0n) is 18.0. The Bertz CT molecular complexity index is 1020. The number of rotatable bonds is 7. The minimum absolute atomic E-state index is 0.285. The summed E-state index contributed by atoms with van der Waals surface area (Å²) in [5, 5.41) is 9.52. The second-order valence-corrected chi connectivity index (χ2v) is 7.11. The minimum Gasteiger partial charge on any atom is -0.497 e. The van der Waals surface area contributed by atoms with Gasteiger partial charge in [-0.2, -0.15) is 0 Å². The molecule has 1 aliphatic rings. The number of methoxy groups -OCH3 is 4. The molecule has 8 nitrogen and oxygen atoms in total. The van der Waals surface area contributed by atoms with Gasteiger partial charge in [-0.3, -0.25) is 4.79 Å². The van der Waals surface area contributed by atoms with E-state index < -0.39 is 6.04 Å². The minimum atomic E-state index is -0.568. The first-order chi connectivity index (χ1) is 14.9. The maximum absolute atomic E-state index is 13.3. The quantitative estimate of drug-likeness (QED) is 0.563. The molecule has 0 saturated carbocycles. The van der Waals surface area contributed by atoms with Crippen LogP contribution in [-0.2, 0) is 4.79 Å². The summed E-state index contributed by atoms with van der Waals surface area (Å²) >= 11 is 5.35. The van der Waals surface area contributed by atoms with E-state index in [0.717, 1.165) is 0 Å². The molecule has 1 heterocycles. The van der Waals surface area contributed by atoms with E-state index in [0.29, 0.717) is 50.6 Å². The Morgan fingerprint density at radius 1 is 0.935 bits per heavy atom. The van der Waals surface area contributed by atoms with E-state index in [1.54, 1.807) is 71.8 Å². The molecule has 164 valence electrons. The number of benzene rings is 2. The smallest absolute Gasteiger partial charge is 0.255 e. The first-order valence-electron chi connectivity index (χ1n) is 9.45. The summed E-state index contributed by atoms with van der Waals surface area (Å²) in [6, 6.07) is 10.0. The van der Waals surface area contributed by atoms with Crippen LogP contribution in [0.3, 0.4) is 0 Å². The average Bonchev–Trinajstić information content (AvgIpc) is 2.77. The normalized spacial score (nSPS) is 15.5. The molecule has 0 saturated heterocycles. The molecule has 9 heteroatoms. The largest absolute Gasteiger partial charge is 0.497 e. The number of thiocarbonyl (C=S) groups is 1. The van der Waals surface area contributed by atoms with Crippen LogP contribution in [0.15, 0.2) is 47.7 Å². The second-order valence-electron chi connectivity index (χ2n) is 6.70. The first-order valence-corrected chi connectivity index (χ1v) is 9.86. The van der Waals surface area contributed by atoms with Crippen LogP contribution in [0.25, 0.3) is 0 Å². The predicted molar refractivity (Wildman–Crippen MR) is 122 cm³/mol. The van der Waals surface area contributed by atoms with Crippen LogP contribution in [0.2, 0.25) is 0 Å². The van der Waals surface area contributed by atoms with Crippen LogP contribution < -0.4 is 34.9 Å². The molecular formula is C22H25N3O5S. The van der Waals surface area contributed by atoms with Crippen molar-refractivity contribution in [3.05, 3.63) is 53.2 Å². The highest BCUT2D eigenvalue weighted by Crippen LogP contribution is 2.40. The lowest BCUT2D eigenvalue weighted by Gasteiger charge is -2.31. The lowest BCUT2D eigenvalue weighted by atomic mass is 9.93. The summed E-state index contributed by atoms with van der Waals surface area (Å²) in [4.78, 5) is 13.3. The Hall–Kier alpha value is -3.46. The van der Waals surface area contributed by atoms with Gasteiger partial charge in [0.1, 0.15) is 11.5 Å². The van der Waals surface area contributed by atoms with Crippen molar-refractivity contribution in [1.82, 2.24) is 10.6 Å². The lowest BCUT2D eigenvalue weighted by Crippen LogP contribution is -2.45. The Balaban J connectivity index is 2.02. The van der Waals surface area contributed by atoms with Crippen molar-refractivity contribution in [3.63, 3.8) is 0 Å². The van der Waals surface area contributed by atoms with Crippen molar-refractivity contribution < 1.29 is 23.7 Å². The fraction of sp³-hybridized carbons (Fsp3) is 0.273. The molecule has 0 unspecified atom stereocenters. The molecule has 31 heavy (non-hydrogen) atoms. The van der Waals surface area contributed by atoms with Gasteiger partial charge in [0, 0.05) is 23.0 Å². The molecule has 3 N–H and O–H groups in total. The van der Waals surface area contributed by atoms with Gasteiger partial charge in [0.25, 0.3) is 5.91 Å². The van der Waals surface area contributed by atoms with E-state index >= 15 is 0 Å². The first kappa shape index (κ1) is 22.2. The summed E-state index contributed by atoms with van der Waals surface area (Å²) in [6.07, 6.45) is 0.